The first kappa shape index (κ1) is 18.6. The van der Waals surface area contributed by atoms with Gasteiger partial charge in [0.15, 0.2) is 5.82 Å². The van der Waals surface area contributed by atoms with Gasteiger partial charge in [-0.2, -0.15) is 0 Å². The minimum atomic E-state index is 0. The smallest absolute Gasteiger partial charge is 0.155 e. The second-order valence-electron chi connectivity index (χ2n) is 6.41. The van der Waals surface area contributed by atoms with Gasteiger partial charge in [-0.1, -0.05) is 12.1 Å². The number of halogens is 1. The second-order valence-corrected chi connectivity index (χ2v) is 6.41. The van der Waals surface area contributed by atoms with Crippen LogP contribution in [-0.2, 0) is 0 Å². The van der Waals surface area contributed by atoms with Crippen LogP contribution in [0, 0.1) is 0 Å². The zero-order valence-electron chi connectivity index (χ0n) is 15.0. The Balaban J connectivity index is 0.00000196. The Morgan fingerprint density at radius 3 is 2.69 bits per heavy atom. The number of fused-ring (bicyclic) bond motifs is 1. The molecular formula is C19H25ClN6. The first-order valence-corrected chi connectivity index (χ1v) is 8.86. The lowest BCUT2D eigenvalue weighted by atomic mass is 10.1. The van der Waals surface area contributed by atoms with Crippen molar-refractivity contribution in [2.24, 2.45) is 0 Å². The van der Waals surface area contributed by atoms with Gasteiger partial charge in [-0.3, -0.25) is 9.88 Å². The van der Waals surface area contributed by atoms with Crippen molar-refractivity contribution in [1.29, 1.82) is 0 Å². The number of hydrogen-bond donors (Lipinski definition) is 2. The number of anilines is 1. The van der Waals surface area contributed by atoms with Gasteiger partial charge in [0.1, 0.15) is 5.69 Å². The summed E-state index contributed by atoms with van der Waals surface area (Å²) in [6.07, 6.45) is 5.56. The highest BCUT2D eigenvalue weighted by Crippen LogP contribution is 2.32. The average Bonchev–Trinajstić information content (AvgIpc) is 3.16. The highest BCUT2D eigenvalue weighted by molar-refractivity contribution is 5.96. The largest absolute Gasteiger partial charge is 0.361 e. The molecule has 0 amide bonds. The zero-order chi connectivity index (χ0) is 17.1. The van der Waals surface area contributed by atoms with E-state index < -0.39 is 0 Å². The van der Waals surface area contributed by atoms with Crippen molar-refractivity contribution in [3.8, 4) is 11.3 Å². The van der Waals surface area contributed by atoms with E-state index >= 15 is 0 Å². The molecular weight excluding hydrogens is 348 g/mol. The Morgan fingerprint density at radius 2 is 1.88 bits per heavy atom. The molecule has 7 heteroatoms. The predicted molar refractivity (Wildman–Crippen MR) is 109 cm³/mol. The third-order valence-corrected chi connectivity index (χ3v) is 4.88. The van der Waals surface area contributed by atoms with E-state index in [1.54, 1.807) is 12.4 Å². The highest BCUT2D eigenvalue weighted by atomic mass is 35.5. The molecule has 0 atom stereocenters. The van der Waals surface area contributed by atoms with Crippen molar-refractivity contribution in [3.05, 3.63) is 42.9 Å². The van der Waals surface area contributed by atoms with Crippen LogP contribution < -0.4 is 10.2 Å². The minimum Gasteiger partial charge on any atom is -0.361 e. The normalized spacial score (nSPS) is 15.2. The molecule has 0 saturated carbocycles. The summed E-state index contributed by atoms with van der Waals surface area (Å²) in [6, 6.07) is 8.41. The molecule has 2 aromatic heterocycles. The summed E-state index contributed by atoms with van der Waals surface area (Å²) >= 11 is 0. The van der Waals surface area contributed by atoms with Crippen molar-refractivity contribution in [3.63, 3.8) is 0 Å². The van der Waals surface area contributed by atoms with E-state index in [9.17, 15) is 0 Å². The lowest BCUT2D eigenvalue weighted by Crippen LogP contribution is -2.48. The van der Waals surface area contributed by atoms with E-state index in [1.165, 1.54) is 5.39 Å². The SMILES string of the molecule is CNCCN1CCN(c2nccnc2-c2cccc3[nH]ccc23)CC1.Cl. The number of hydrogen-bond acceptors (Lipinski definition) is 5. The van der Waals surface area contributed by atoms with Gasteiger partial charge < -0.3 is 15.2 Å². The maximum absolute atomic E-state index is 4.68. The summed E-state index contributed by atoms with van der Waals surface area (Å²) in [4.78, 5) is 17.5. The van der Waals surface area contributed by atoms with Crippen LogP contribution in [0.4, 0.5) is 5.82 Å². The van der Waals surface area contributed by atoms with Gasteiger partial charge in [-0.15, -0.1) is 12.4 Å². The first-order valence-electron chi connectivity index (χ1n) is 8.86. The van der Waals surface area contributed by atoms with E-state index in [2.05, 4.69) is 54.3 Å². The van der Waals surface area contributed by atoms with E-state index in [0.717, 1.165) is 61.9 Å². The van der Waals surface area contributed by atoms with Gasteiger partial charge in [0.05, 0.1) is 0 Å². The second kappa shape index (κ2) is 8.49. The summed E-state index contributed by atoms with van der Waals surface area (Å²) in [5, 5.41) is 4.41. The number of aromatic nitrogens is 3. The van der Waals surface area contributed by atoms with Gasteiger partial charge >= 0.3 is 0 Å². The van der Waals surface area contributed by atoms with Crippen molar-refractivity contribution in [1.82, 2.24) is 25.2 Å². The summed E-state index contributed by atoms with van der Waals surface area (Å²) in [6.45, 7) is 6.22. The predicted octanol–water partition coefficient (Wildman–Crippen LogP) is 2.39. The van der Waals surface area contributed by atoms with Crippen molar-refractivity contribution in [2.75, 3.05) is 51.2 Å². The summed E-state index contributed by atoms with van der Waals surface area (Å²) < 4.78 is 0. The Labute approximate surface area is 160 Å². The van der Waals surface area contributed by atoms with Crippen LogP contribution >= 0.6 is 12.4 Å². The maximum atomic E-state index is 4.68. The van der Waals surface area contributed by atoms with Crippen molar-refractivity contribution in [2.45, 2.75) is 0 Å². The topological polar surface area (TPSA) is 60.1 Å². The molecule has 138 valence electrons. The molecule has 1 fully saturated rings. The fourth-order valence-electron chi connectivity index (χ4n) is 3.50. The Hall–Kier alpha value is -2.15. The molecule has 2 N–H and O–H groups in total. The van der Waals surface area contributed by atoms with Crippen LogP contribution in [0.2, 0.25) is 0 Å². The monoisotopic (exact) mass is 372 g/mol. The molecule has 26 heavy (non-hydrogen) atoms. The molecule has 0 spiro atoms. The zero-order valence-corrected chi connectivity index (χ0v) is 15.8. The molecule has 0 unspecified atom stereocenters. The average molecular weight is 373 g/mol. The number of rotatable bonds is 5. The third kappa shape index (κ3) is 3.67. The number of piperazine rings is 1. The van der Waals surface area contributed by atoms with Gasteiger partial charge in [-0.25, -0.2) is 4.98 Å². The lowest BCUT2D eigenvalue weighted by molar-refractivity contribution is 0.259. The number of benzene rings is 1. The molecule has 1 aliphatic heterocycles. The molecule has 1 aliphatic rings. The number of aromatic amines is 1. The first-order chi connectivity index (χ1) is 12.4. The molecule has 0 bridgehead atoms. The van der Waals surface area contributed by atoms with E-state index in [0.29, 0.717) is 0 Å². The van der Waals surface area contributed by atoms with Crippen LogP contribution in [0.1, 0.15) is 0 Å². The van der Waals surface area contributed by atoms with Crippen molar-refractivity contribution >= 4 is 29.1 Å². The number of likely N-dealkylation sites (N-methyl/N-ethyl adjacent to an activating group) is 1. The molecule has 0 radical (unpaired) electrons. The summed E-state index contributed by atoms with van der Waals surface area (Å²) in [7, 11) is 2.00. The fraction of sp³-hybridized carbons (Fsp3) is 0.368. The lowest BCUT2D eigenvalue weighted by Gasteiger charge is -2.35. The Kier molecular flexibility index (Phi) is 6.08. The number of nitrogens with zero attached hydrogens (tertiary/aromatic N) is 4. The van der Waals surface area contributed by atoms with Crippen molar-refractivity contribution < 1.29 is 0 Å². The fourth-order valence-corrected chi connectivity index (χ4v) is 3.50. The van der Waals surface area contributed by atoms with Gasteiger partial charge in [0.2, 0.25) is 0 Å². The van der Waals surface area contributed by atoms with E-state index in [1.807, 2.05) is 13.2 Å². The molecule has 3 aromatic rings. The quantitative estimate of drug-likeness (QED) is 0.720. The van der Waals surface area contributed by atoms with Gasteiger partial charge in [0.25, 0.3) is 0 Å². The van der Waals surface area contributed by atoms with E-state index in [-0.39, 0.29) is 12.4 Å². The molecule has 1 saturated heterocycles. The van der Waals surface area contributed by atoms with Crippen LogP contribution in [0.3, 0.4) is 0 Å². The minimum absolute atomic E-state index is 0. The Morgan fingerprint density at radius 1 is 1.08 bits per heavy atom. The Bertz CT molecular complexity index is 841. The van der Waals surface area contributed by atoms with Crippen LogP contribution in [0.15, 0.2) is 42.9 Å². The van der Waals surface area contributed by atoms with E-state index in [4.69, 9.17) is 0 Å². The summed E-state index contributed by atoms with van der Waals surface area (Å²) in [5.74, 6) is 0.990. The van der Waals surface area contributed by atoms with Crippen LogP contribution in [-0.4, -0.2) is 66.2 Å². The molecule has 3 heterocycles. The van der Waals surface area contributed by atoms with Crippen LogP contribution in [0.5, 0.6) is 0 Å². The maximum Gasteiger partial charge on any atom is 0.155 e. The summed E-state index contributed by atoms with van der Waals surface area (Å²) in [5.41, 5.74) is 3.24. The van der Waals surface area contributed by atoms with Crippen LogP contribution in [0.25, 0.3) is 22.2 Å². The third-order valence-electron chi connectivity index (χ3n) is 4.88. The highest BCUT2D eigenvalue weighted by Gasteiger charge is 2.21. The molecule has 6 nitrogen and oxygen atoms in total. The molecule has 4 rings (SSSR count). The number of H-pyrrole nitrogens is 1. The molecule has 1 aromatic carbocycles. The van der Waals surface area contributed by atoms with Gasteiger partial charge in [-0.05, 0) is 19.2 Å². The number of nitrogens with one attached hydrogen (secondary N) is 2. The standard InChI is InChI=1S/C19H24N6.ClH/c1-20-9-10-24-11-13-25(14-12-24)19-18(22-7-8-23-19)16-3-2-4-17-15(16)5-6-21-17;/h2-8,20-21H,9-14H2,1H3;1H. The molecule has 0 aliphatic carbocycles. The van der Waals surface area contributed by atoms with Gasteiger partial charge in [0, 0.05) is 74.3 Å².